The van der Waals surface area contributed by atoms with Gasteiger partial charge in [-0.2, -0.15) is 4.31 Å². The van der Waals surface area contributed by atoms with Crippen LogP contribution in [0.1, 0.15) is 21.1 Å². The second kappa shape index (κ2) is 6.75. The first-order valence-corrected chi connectivity index (χ1v) is 9.93. The van der Waals surface area contributed by atoms with Crippen LogP contribution in [-0.2, 0) is 10.0 Å². The largest absolute Gasteiger partial charge is 0.360 e. The number of aryl methyl sites for hydroxylation is 2. The van der Waals surface area contributed by atoms with E-state index in [1.165, 1.54) is 15.6 Å². The number of piperazine rings is 1. The highest BCUT2D eigenvalue weighted by Crippen LogP contribution is 2.24. The number of ketones is 1. The molecule has 3 heterocycles. The van der Waals surface area contributed by atoms with Gasteiger partial charge in [-0.1, -0.05) is 11.2 Å². The van der Waals surface area contributed by atoms with Crippen LogP contribution >= 0.6 is 11.3 Å². The number of hydrogen-bond acceptors (Lipinski definition) is 7. The normalized spacial score (nSPS) is 17.2. The molecular formula is C15H19N3O4S2. The van der Waals surface area contributed by atoms with Gasteiger partial charge in [0.1, 0.15) is 10.6 Å². The van der Waals surface area contributed by atoms with Crippen LogP contribution in [0.3, 0.4) is 0 Å². The Labute approximate surface area is 144 Å². The predicted octanol–water partition coefficient (Wildman–Crippen LogP) is 1.54. The Morgan fingerprint density at radius 3 is 2.54 bits per heavy atom. The minimum atomic E-state index is -3.61. The number of carbonyl (C=O) groups excluding carboxylic acids is 1. The first kappa shape index (κ1) is 17.3. The molecule has 1 saturated heterocycles. The number of thiophene rings is 1. The van der Waals surface area contributed by atoms with E-state index in [1.54, 1.807) is 13.8 Å². The Morgan fingerprint density at radius 1 is 1.29 bits per heavy atom. The van der Waals surface area contributed by atoms with Crippen LogP contribution in [0.2, 0.25) is 0 Å². The molecule has 0 radical (unpaired) electrons. The molecule has 0 unspecified atom stereocenters. The van der Waals surface area contributed by atoms with E-state index in [9.17, 15) is 13.2 Å². The van der Waals surface area contributed by atoms with Gasteiger partial charge in [-0.25, -0.2) is 8.42 Å². The molecule has 0 atom stereocenters. The summed E-state index contributed by atoms with van der Waals surface area (Å²) in [7, 11) is -3.61. The molecule has 1 aliphatic heterocycles. The number of sulfonamides is 1. The molecule has 0 amide bonds. The zero-order valence-corrected chi connectivity index (χ0v) is 15.2. The van der Waals surface area contributed by atoms with Crippen LogP contribution in [-0.4, -0.2) is 61.3 Å². The maximum absolute atomic E-state index is 12.7. The fraction of sp³-hybridized carbons (Fsp3) is 0.467. The number of hydrogen-bond donors (Lipinski definition) is 0. The van der Waals surface area contributed by atoms with E-state index in [-0.39, 0.29) is 10.7 Å². The summed E-state index contributed by atoms with van der Waals surface area (Å²) in [4.78, 5) is 15.0. The van der Waals surface area contributed by atoms with Crippen molar-refractivity contribution in [3.05, 3.63) is 33.8 Å². The molecule has 130 valence electrons. The summed E-state index contributed by atoms with van der Waals surface area (Å²) in [6.07, 6.45) is 0. The maximum Gasteiger partial charge on any atom is 0.248 e. The number of nitrogens with zero attached hydrogens (tertiary/aromatic N) is 3. The molecule has 7 nitrogen and oxygen atoms in total. The first-order valence-electron chi connectivity index (χ1n) is 7.61. The number of carbonyl (C=O) groups is 1. The van der Waals surface area contributed by atoms with E-state index in [4.69, 9.17) is 4.52 Å². The number of aromatic nitrogens is 1. The molecule has 3 rings (SSSR count). The van der Waals surface area contributed by atoms with Crippen molar-refractivity contribution in [3.8, 4) is 0 Å². The van der Waals surface area contributed by atoms with Gasteiger partial charge >= 0.3 is 0 Å². The van der Waals surface area contributed by atoms with Crippen molar-refractivity contribution in [3.63, 3.8) is 0 Å². The topological polar surface area (TPSA) is 83.7 Å². The van der Waals surface area contributed by atoms with Crippen molar-refractivity contribution in [2.24, 2.45) is 0 Å². The fourth-order valence-electron chi connectivity index (χ4n) is 2.82. The van der Waals surface area contributed by atoms with Gasteiger partial charge in [0.25, 0.3) is 0 Å². The van der Waals surface area contributed by atoms with Crippen LogP contribution in [0.4, 0.5) is 0 Å². The average Bonchev–Trinajstić information content (AvgIpc) is 3.18. The van der Waals surface area contributed by atoms with Gasteiger partial charge in [0.15, 0.2) is 11.5 Å². The summed E-state index contributed by atoms with van der Waals surface area (Å²) in [5.74, 6) is 0.384. The zero-order chi connectivity index (χ0) is 17.3. The van der Waals surface area contributed by atoms with Crippen molar-refractivity contribution >= 4 is 27.1 Å². The fourth-order valence-corrected chi connectivity index (χ4v) is 5.19. The molecule has 0 spiro atoms. The van der Waals surface area contributed by atoms with Crippen molar-refractivity contribution in [2.45, 2.75) is 18.7 Å². The lowest BCUT2D eigenvalue weighted by atomic mass is 10.2. The highest BCUT2D eigenvalue weighted by atomic mass is 32.2. The lowest BCUT2D eigenvalue weighted by molar-refractivity contribution is 0.0905. The number of rotatable bonds is 5. The molecule has 24 heavy (non-hydrogen) atoms. The van der Waals surface area contributed by atoms with Gasteiger partial charge in [0.05, 0.1) is 11.4 Å². The molecule has 0 aliphatic carbocycles. The van der Waals surface area contributed by atoms with Crippen LogP contribution in [0.25, 0.3) is 0 Å². The van der Waals surface area contributed by atoms with E-state index in [2.05, 4.69) is 5.16 Å². The Kier molecular flexibility index (Phi) is 4.86. The van der Waals surface area contributed by atoms with Crippen molar-refractivity contribution in [1.29, 1.82) is 0 Å². The second-order valence-electron chi connectivity index (χ2n) is 5.73. The molecule has 1 aliphatic rings. The molecule has 0 N–H and O–H groups in total. The minimum Gasteiger partial charge on any atom is -0.360 e. The van der Waals surface area contributed by atoms with E-state index in [1.807, 2.05) is 22.4 Å². The third kappa shape index (κ3) is 3.30. The van der Waals surface area contributed by atoms with Gasteiger partial charge in [0.2, 0.25) is 10.0 Å². The molecule has 0 bridgehead atoms. The zero-order valence-electron chi connectivity index (χ0n) is 13.6. The van der Waals surface area contributed by atoms with Gasteiger partial charge in [-0.05, 0) is 25.3 Å². The summed E-state index contributed by atoms with van der Waals surface area (Å²) >= 11 is 1.43. The molecule has 9 heteroatoms. The summed E-state index contributed by atoms with van der Waals surface area (Å²) in [5.41, 5.74) is 0.378. The Bertz CT molecular complexity index is 800. The average molecular weight is 369 g/mol. The van der Waals surface area contributed by atoms with Crippen molar-refractivity contribution in [1.82, 2.24) is 14.4 Å². The first-order chi connectivity index (χ1) is 11.4. The van der Waals surface area contributed by atoms with Crippen LogP contribution < -0.4 is 0 Å². The third-order valence-corrected chi connectivity index (χ3v) is 7.11. The lowest BCUT2D eigenvalue weighted by Crippen LogP contribution is -2.49. The molecule has 0 saturated carbocycles. The van der Waals surface area contributed by atoms with E-state index in [0.717, 1.165) is 4.88 Å². The quantitative estimate of drug-likeness (QED) is 0.744. The molecular weight excluding hydrogens is 350 g/mol. The summed E-state index contributed by atoms with van der Waals surface area (Å²) < 4.78 is 31.9. The standard InChI is InChI=1S/C15H19N3O4S2/c1-11-15(12(2)22-16-11)24(20,21)18-7-5-17(6-8-18)10-13(19)14-4-3-9-23-14/h3-4,9H,5-8,10H2,1-2H3. The summed E-state index contributed by atoms with van der Waals surface area (Å²) in [5, 5.41) is 5.60. The predicted molar refractivity (Wildman–Crippen MR) is 89.8 cm³/mol. The van der Waals surface area contributed by atoms with Gasteiger partial charge in [-0.15, -0.1) is 11.3 Å². The second-order valence-corrected chi connectivity index (χ2v) is 8.56. The van der Waals surface area contributed by atoms with Gasteiger partial charge in [-0.3, -0.25) is 9.69 Å². The maximum atomic E-state index is 12.7. The van der Waals surface area contributed by atoms with E-state index in [0.29, 0.717) is 44.2 Å². The van der Waals surface area contributed by atoms with Gasteiger partial charge < -0.3 is 4.52 Å². The van der Waals surface area contributed by atoms with Crippen LogP contribution in [0.15, 0.2) is 26.9 Å². The molecule has 2 aromatic heterocycles. The highest BCUT2D eigenvalue weighted by molar-refractivity contribution is 7.89. The van der Waals surface area contributed by atoms with Gasteiger partial charge in [0, 0.05) is 26.2 Å². The molecule has 1 fully saturated rings. The highest BCUT2D eigenvalue weighted by Gasteiger charge is 2.33. The van der Waals surface area contributed by atoms with Crippen LogP contribution in [0, 0.1) is 13.8 Å². The Morgan fingerprint density at radius 2 is 2.00 bits per heavy atom. The van der Waals surface area contributed by atoms with E-state index >= 15 is 0 Å². The summed E-state index contributed by atoms with van der Waals surface area (Å²) in [6, 6.07) is 3.66. The van der Waals surface area contributed by atoms with Crippen molar-refractivity contribution < 1.29 is 17.7 Å². The minimum absolute atomic E-state index is 0.0760. The Balaban J connectivity index is 1.64. The molecule has 2 aromatic rings. The van der Waals surface area contributed by atoms with Crippen molar-refractivity contribution in [2.75, 3.05) is 32.7 Å². The van der Waals surface area contributed by atoms with Crippen LogP contribution in [0.5, 0.6) is 0 Å². The lowest BCUT2D eigenvalue weighted by Gasteiger charge is -2.33. The SMILES string of the molecule is Cc1noc(C)c1S(=O)(=O)N1CCN(CC(=O)c2cccs2)CC1. The summed E-state index contributed by atoms with van der Waals surface area (Å²) in [6.45, 7) is 5.30. The Hall–Kier alpha value is -1.55. The third-order valence-electron chi connectivity index (χ3n) is 4.06. The number of Topliss-reactive ketones (excluding diaryl/α,β-unsaturated/α-hetero) is 1. The molecule has 0 aromatic carbocycles. The van der Waals surface area contributed by atoms with E-state index < -0.39 is 10.0 Å². The monoisotopic (exact) mass is 369 g/mol. The smallest absolute Gasteiger partial charge is 0.248 e.